The Morgan fingerprint density at radius 1 is 1.62 bits per heavy atom. The number of nitrogens with zero attached hydrogens (tertiary/aromatic N) is 2. The number of hydrogen-bond donors (Lipinski definition) is 1. The van der Waals surface area contributed by atoms with E-state index < -0.39 is 17.3 Å². The number of urea groups is 1. The third-order valence-corrected chi connectivity index (χ3v) is 2.50. The van der Waals surface area contributed by atoms with Crippen LogP contribution in [0.3, 0.4) is 0 Å². The summed E-state index contributed by atoms with van der Waals surface area (Å²) in [7, 11) is 0. The number of nitrogens with one attached hydrogen (secondary N) is 1. The molecule has 1 aliphatic rings. The van der Waals surface area contributed by atoms with E-state index in [0.717, 1.165) is 12.8 Å². The van der Waals surface area contributed by atoms with Crippen molar-refractivity contribution in [2.45, 2.75) is 37.6 Å². The van der Waals surface area contributed by atoms with Crippen molar-refractivity contribution in [3.05, 3.63) is 0 Å². The molecule has 0 bridgehead atoms. The minimum absolute atomic E-state index is 0.173. The van der Waals surface area contributed by atoms with Gasteiger partial charge < -0.3 is 4.90 Å². The summed E-state index contributed by atoms with van der Waals surface area (Å²) >= 11 is 5.54. The molecule has 0 aromatic rings. The Kier molecular flexibility index (Phi) is 4.56. The zero-order valence-corrected chi connectivity index (χ0v) is 9.83. The van der Waals surface area contributed by atoms with Gasteiger partial charge in [0.15, 0.2) is 0 Å². The molecular formula is C10H14ClN3O2. The second-order valence-corrected chi connectivity index (χ2v) is 4.40. The fraction of sp³-hybridized carbons (Fsp3) is 0.700. The normalized spacial score (nSPS) is 16.1. The van der Waals surface area contributed by atoms with Crippen molar-refractivity contribution in [1.29, 1.82) is 5.26 Å². The van der Waals surface area contributed by atoms with Crippen LogP contribution in [0.15, 0.2) is 0 Å². The van der Waals surface area contributed by atoms with Crippen LogP contribution in [0.1, 0.15) is 26.2 Å². The number of alkyl halides is 1. The van der Waals surface area contributed by atoms with Crippen molar-refractivity contribution in [1.82, 2.24) is 10.2 Å². The number of hydrogen-bond acceptors (Lipinski definition) is 3. The minimum Gasteiger partial charge on any atom is -0.320 e. The quantitative estimate of drug-likeness (QED) is 0.755. The maximum Gasteiger partial charge on any atom is 0.324 e. The maximum absolute atomic E-state index is 11.7. The second kappa shape index (κ2) is 5.71. The summed E-state index contributed by atoms with van der Waals surface area (Å²) in [6.45, 7) is 1.86. The summed E-state index contributed by atoms with van der Waals surface area (Å²) in [5, 5.41) is 9.95. The van der Waals surface area contributed by atoms with Gasteiger partial charge in [0.1, 0.15) is 5.38 Å². The maximum atomic E-state index is 11.7. The molecule has 16 heavy (non-hydrogen) atoms. The van der Waals surface area contributed by atoms with E-state index in [2.05, 4.69) is 5.32 Å². The second-order valence-electron chi connectivity index (χ2n) is 3.74. The van der Waals surface area contributed by atoms with Gasteiger partial charge in [0.05, 0.1) is 12.5 Å². The molecular weight excluding hydrogens is 230 g/mol. The number of carbonyl (C=O) groups is 2. The van der Waals surface area contributed by atoms with Crippen molar-refractivity contribution < 1.29 is 9.59 Å². The number of carbonyl (C=O) groups excluding carboxylic acids is 2. The van der Waals surface area contributed by atoms with Gasteiger partial charge in [-0.15, -0.1) is 11.6 Å². The van der Waals surface area contributed by atoms with Crippen LogP contribution in [0.2, 0.25) is 0 Å². The number of amides is 3. The summed E-state index contributed by atoms with van der Waals surface area (Å²) < 4.78 is 0. The highest BCUT2D eigenvalue weighted by atomic mass is 35.5. The number of rotatable bonds is 4. The molecule has 1 fully saturated rings. The first-order valence-electron chi connectivity index (χ1n) is 5.18. The van der Waals surface area contributed by atoms with Crippen LogP contribution in [0.4, 0.5) is 4.79 Å². The van der Waals surface area contributed by atoms with E-state index in [-0.39, 0.29) is 12.5 Å². The average Bonchev–Trinajstić information content (AvgIpc) is 3.02. The Morgan fingerprint density at radius 2 is 2.25 bits per heavy atom. The third-order valence-electron chi connectivity index (χ3n) is 2.30. The highest BCUT2D eigenvalue weighted by Gasteiger charge is 2.33. The highest BCUT2D eigenvalue weighted by molar-refractivity contribution is 6.31. The van der Waals surface area contributed by atoms with E-state index >= 15 is 0 Å². The van der Waals surface area contributed by atoms with Crippen LogP contribution >= 0.6 is 11.6 Å². The van der Waals surface area contributed by atoms with Crippen molar-refractivity contribution in [2.75, 3.05) is 6.54 Å². The van der Waals surface area contributed by atoms with E-state index in [9.17, 15) is 9.59 Å². The van der Waals surface area contributed by atoms with Gasteiger partial charge in [0.2, 0.25) is 5.91 Å². The molecule has 1 N–H and O–H groups in total. The van der Waals surface area contributed by atoms with Crippen molar-refractivity contribution in [3.63, 3.8) is 0 Å². The van der Waals surface area contributed by atoms with Crippen LogP contribution in [0, 0.1) is 11.3 Å². The predicted octanol–water partition coefficient (Wildman–Crippen LogP) is 1.23. The fourth-order valence-electron chi connectivity index (χ4n) is 1.28. The monoisotopic (exact) mass is 243 g/mol. The molecule has 0 aromatic heterocycles. The Labute approximate surface area is 99.3 Å². The smallest absolute Gasteiger partial charge is 0.320 e. The van der Waals surface area contributed by atoms with Crippen LogP contribution in [0.5, 0.6) is 0 Å². The molecule has 0 heterocycles. The predicted molar refractivity (Wildman–Crippen MR) is 58.8 cm³/mol. The van der Waals surface area contributed by atoms with Crippen molar-refractivity contribution in [2.24, 2.45) is 0 Å². The molecule has 0 aromatic carbocycles. The van der Waals surface area contributed by atoms with Gasteiger partial charge in [-0.2, -0.15) is 5.26 Å². The molecule has 0 aliphatic heterocycles. The largest absolute Gasteiger partial charge is 0.324 e. The van der Waals surface area contributed by atoms with Crippen LogP contribution in [-0.2, 0) is 4.79 Å². The SMILES string of the molecule is CC(Cl)C(=O)NC(=O)N(CCC#N)C1CC1. The Balaban J connectivity index is 2.48. The Morgan fingerprint density at radius 3 is 2.69 bits per heavy atom. The first-order chi connectivity index (χ1) is 7.56. The molecule has 1 unspecified atom stereocenters. The molecule has 0 spiro atoms. The third kappa shape index (κ3) is 3.70. The van der Waals surface area contributed by atoms with Gasteiger partial charge >= 0.3 is 6.03 Å². The molecule has 3 amide bonds. The lowest BCUT2D eigenvalue weighted by Gasteiger charge is -2.21. The lowest BCUT2D eigenvalue weighted by molar-refractivity contribution is -0.119. The molecule has 6 heteroatoms. The molecule has 1 saturated carbocycles. The number of nitriles is 1. The van der Waals surface area contributed by atoms with Crippen molar-refractivity contribution >= 4 is 23.5 Å². The summed E-state index contributed by atoms with van der Waals surface area (Å²) in [4.78, 5) is 24.4. The standard InChI is InChI=1S/C10H14ClN3O2/c1-7(11)9(15)13-10(16)14(6-2-5-12)8-3-4-8/h7-8H,2-4,6H2,1H3,(H,13,15,16). The zero-order chi connectivity index (χ0) is 12.1. The fourth-order valence-corrected chi connectivity index (χ4v) is 1.34. The molecule has 88 valence electrons. The molecule has 1 atom stereocenters. The van der Waals surface area contributed by atoms with E-state index in [1.54, 1.807) is 0 Å². The van der Waals surface area contributed by atoms with E-state index in [1.165, 1.54) is 11.8 Å². The zero-order valence-electron chi connectivity index (χ0n) is 9.07. The van der Waals surface area contributed by atoms with Crippen LogP contribution in [0.25, 0.3) is 0 Å². The summed E-state index contributed by atoms with van der Waals surface area (Å²) in [5.74, 6) is -0.505. The van der Waals surface area contributed by atoms with Crippen LogP contribution in [-0.4, -0.2) is 34.8 Å². The van der Waals surface area contributed by atoms with Crippen LogP contribution < -0.4 is 5.32 Å². The van der Waals surface area contributed by atoms with Gasteiger partial charge in [-0.1, -0.05) is 0 Å². The summed E-state index contributed by atoms with van der Waals surface area (Å²) in [5.41, 5.74) is 0. The van der Waals surface area contributed by atoms with Gasteiger partial charge in [0.25, 0.3) is 0 Å². The summed E-state index contributed by atoms with van der Waals surface area (Å²) in [6.07, 6.45) is 2.14. The van der Waals surface area contributed by atoms with E-state index in [4.69, 9.17) is 16.9 Å². The number of imide groups is 1. The molecule has 0 radical (unpaired) electrons. The van der Waals surface area contributed by atoms with E-state index in [0.29, 0.717) is 6.54 Å². The molecule has 1 rings (SSSR count). The van der Waals surface area contributed by atoms with Gasteiger partial charge in [-0.25, -0.2) is 4.79 Å². The van der Waals surface area contributed by atoms with Gasteiger partial charge in [-0.3, -0.25) is 10.1 Å². The molecule has 0 saturated heterocycles. The van der Waals surface area contributed by atoms with Gasteiger partial charge in [0, 0.05) is 12.6 Å². The Hall–Kier alpha value is -1.28. The highest BCUT2D eigenvalue weighted by Crippen LogP contribution is 2.26. The molecule has 1 aliphatic carbocycles. The minimum atomic E-state index is -0.735. The van der Waals surface area contributed by atoms with Gasteiger partial charge in [-0.05, 0) is 19.8 Å². The number of halogens is 1. The summed E-state index contributed by atoms with van der Waals surface area (Å²) in [6, 6.07) is 1.70. The van der Waals surface area contributed by atoms with Crippen molar-refractivity contribution in [3.8, 4) is 6.07 Å². The average molecular weight is 244 g/mol. The molecule has 5 nitrogen and oxygen atoms in total. The first-order valence-corrected chi connectivity index (χ1v) is 5.62. The lowest BCUT2D eigenvalue weighted by Crippen LogP contribution is -2.46. The van der Waals surface area contributed by atoms with E-state index in [1.807, 2.05) is 6.07 Å². The topological polar surface area (TPSA) is 73.2 Å². The first kappa shape index (κ1) is 12.8. The Bertz CT molecular complexity index is 321. The lowest BCUT2D eigenvalue weighted by atomic mass is 10.4.